The van der Waals surface area contributed by atoms with Gasteiger partial charge in [-0.1, -0.05) is 13.8 Å². The van der Waals surface area contributed by atoms with Gasteiger partial charge in [-0.25, -0.2) is 4.79 Å². The molecular weight excluding hydrogens is 218 g/mol. The predicted octanol–water partition coefficient (Wildman–Crippen LogP) is 1.23. The van der Waals surface area contributed by atoms with Gasteiger partial charge >= 0.3 is 6.03 Å². The van der Waals surface area contributed by atoms with Crippen LogP contribution in [0.4, 0.5) is 4.79 Å². The molecule has 2 aliphatic heterocycles. The number of carbonyl (C=O) groups is 1. The fraction of sp³-hybridized carbons (Fsp3) is 0.833. The minimum Gasteiger partial charge on any atom is -0.385 e. The molecule has 0 aromatic rings. The molecule has 2 aliphatic rings. The maximum absolute atomic E-state index is 11.9. The van der Waals surface area contributed by atoms with Gasteiger partial charge in [-0.15, -0.1) is 0 Å². The van der Waals surface area contributed by atoms with Crippen molar-refractivity contribution in [1.82, 2.24) is 4.90 Å². The van der Waals surface area contributed by atoms with Gasteiger partial charge in [0.1, 0.15) is 11.4 Å². The van der Waals surface area contributed by atoms with Gasteiger partial charge in [0.15, 0.2) is 0 Å². The standard InChI is InChI=1S/C12H21N3O2/c1-8(2)6-15-11(16)14-10(13)12(15,3)9-4-5-17-7-9/h8-9H,4-7H2,1-3H3,(H2,13,14,16). The van der Waals surface area contributed by atoms with Gasteiger partial charge in [0.05, 0.1) is 6.61 Å². The normalized spacial score (nSPS) is 33.6. The summed E-state index contributed by atoms with van der Waals surface area (Å²) in [4.78, 5) is 17.7. The number of urea groups is 1. The van der Waals surface area contributed by atoms with E-state index >= 15 is 0 Å². The average Bonchev–Trinajstić information content (AvgIpc) is 2.83. The van der Waals surface area contributed by atoms with Crippen LogP contribution >= 0.6 is 0 Å². The maximum Gasteiger partial charge on any atom is 0.346 e. The van der Waals surface area contributed by atoms with Crippen LogP contribution in [0.15, 0.2) is 4.99 Å². The maximum atomic E-state index is 11.9. The topological polar surface area (TPSA) is 67.9 Å². The van der Waals surface area contributed by atoms with Crippen molar-refractivity contribution in [2.75, 3.05) is 19.8 Å². The third-order valence-corrected chi connectivity index (χ3v) is 3.80. The lowest BCUT2D eigenvalue weighted by atomic mass is 9.82. The Morgan fingerprint density at radius 1 is 1.65 bits per heavy atom. The van der Waals surface area contributed by atoms with E-state index in [1.807, 2.05) is 11.8 Å². The number of amidine groups is 1. The molecule has 0 aliphatic carbocycles. The third kappa shape index (κ3) is 1.92. The van der Waals surface area contributed by atoms with E-state index in [0.29, 0.717) is 24.9 Å². The summed E-state index contributed by atoms with van der Waals surface area (Å²) in [5, 5.41) is 0. The second kappa shape index (κ2) is 4.29. The predicted molar refractivity (Wildman–Crippen MR) is 65.9 cm³/mol. The molecule has 0 spiro atoms. The molecule has 5 heteroatoms. The zero-order chi connectivity index (χ0) is 12.6. The summed E-state index contributed by atoms with van der Waals surface area (Å²) in [5.41, 5.74) is 5.52. The molecule has 2 unspecified atom stereocenters. The number of nitrogens with two attached hydrogens (primary N) is 1. The highest BCUT2D eigenvalue weighted by molar-refractivity contribution is 6.05. The summed E-state index contributed by atoms with van der Waals surface area (Å²) in [6.45, 7) is 8.29. The van der Waals surface area contributed by atoms with Gasteiger partial charge in [0, 0.05) is 19.1 Å². The first kappa shape index (κ1) is 12.4. The van der Waals surface area contributed by atoms with Crippen LogP contribution in [0.2, 0.25) is 0 Å². The summed E-state index contributed by atoms with van der Waals surface area (Å²) in [5.74, 6) is 1.11. The van der Waals surface area contributed by atoms with Gasteiger partial charge in [-0.05, 0) is 19.3 Å². The van der Waals surface area contributed by atoms with Crippen LogP contribution < -0.4 is 5.73 Å². The van der Waals surface area contributed by atoms with Gasteiger partial charge < -0.3 is 15.4 Å². The van der Waals surface area contributed by atoms with Crippen molar-refractivity contribution in [1.29, 1.82) is 0 Å². The number of hydrogen-bond acceptors (Lipinski definition) is 3. The summed E-state index contributed by atoms with van der Waals surface area (Å²) in [6, 6.07) is -0.203. The smallest absolute Gasteiger partial charge is 0.346 e. The fourth-order valence-corrected chi connectivity index (χ4v) is 2.65. The lowest BCUT2D eigenvalue weighted by Crippen LogP contribution is -2.58. The zero-order valence-electron chi connectivity index (χ0n) is 10.8. The van der Waals surface area contributed by atoms with Crippen molar-refractivity contribution in [3.8, 4) is 0 Å². The lowest BCUT2D eigenvalue weighted by Gasteiger charge is -2.39. The lowest BCUT2D eigenvalue weighted by molar-refractivity contribution is 0.113. The second-order valence-corrected chi connectivity index (χ2v) is 5.49. The summed E-state index contributed by atoms with van der Waals surface area (Å²) < 4.78 is 5.42. The molecular formula is C12H21N3O2. The van der Waals surface area contributed by atoms with E-state index in [9.17, 15) is 4.79 Å². The van der Waals surface area contributed by atoms with E-state index in [4.69, 9.17) is 10.5 Å². The number of carbonyl (C=O) groups excluding carboxylic acids is 1. The molecule has 2 heterocycles. The Morgan fingerprint density at radius 2 is 2.35 bits per heavy atom. The highest BCUT2D eigenvalue weighted by Gasteiger charge is 2.50. The molecule has 2 atom stereocenters. The van der Waals surface area contributed by atoms with Crippen LogP contribution in [0.25, 0.3) is 0 Å². The van der Waals surface area contributed by atoms with E-state index < -0.39 is 5.54 Å². The Kier molecular flexibility index (Phi) is 3.12. The van der Waals surface area contributed by atoms with E-state index in [-0.39, 0.29) is 11.9 Å². The summed E-state index contributed by atoms with van der Waals surface area (Å²) in [6.07, 6.45) is 0.939. The Labute approximate surface area is 102 Å². The molecule has 2 rings (SSSR count). The van der Waals surface area contributed by atoms with Gasteiger partial charge in [0.2, 0.25) is 0 Å². The van der Waals surface area contributed by atoms with Crippen molar-refractivity contribution in [3.63, 3.8) is 0 Å². The largest absolute Gasteiger partial charge is 0.385 e. The summed E-state index contributed by atoms with van der Waals surface area (Å²) >= 11 is 0. The number of nitrogens with zero attached hydrogens (tertiary/aromatic N) is 2. The van der Waals surface area contributed by atoms with Crippen LogP contribution in [0.3, 0.4) is 0 Å². The quantitative estimate of drug-likeness (QED) is 0.805. The number of aliphatic imine (C=N–C) groups is 1. The van der Waals surface area contributed by atoms with E-state index in [1.165, 1.54) is 0 Å². The SMILES string of the molecule is CC(C)CN1C(=O)N=C(N)C1(C)C1CCOC1. The molecule has 0 bridgehead atoms. The number of hydrogen-bond donors (Lipinski definition) is 1. The molecule has 0 saturated carbocycles. The zero-order valence-corrected chi connectivity index (χ0v) is 10.8. The van der Waals surface area contributed by atoms with Gasteiger partial charge in [-0.2, -0.15) is 4.99 Å². The monoisotopic (exact) mass is 239 g/mol. The molecule has 5 nitrogen and oxygen atoms in total. The van der Waals surface area contributed by atoms with Gasteiger partial charge in [0.25, 0.3) is 0 Å². The molecule has 0 aromatic heterocycles. The van der Waals surface area contributed by atoms with Crippen LogP contribution in [0.1, 0.15) is 27.2 Å². The first-order chi connectivity index (χ1) is 7.96. The molecule has 2 N–H and O–H groups in total. The minimum absolute atomic E-state index is 0.203. The van der Waals surface area contributed by atoms with Crippen molar-refractivity contribution in [2.24, 2.45) is 22.6 Å². The Balaban J connectivity index is 2.26. The van der Waals surface area contributed by atoms with Crippen molar-refractivity contribution >= 4 is 11.9 Å². The van der Waals surface area contributed by atoms with Crippen molar-refractivity contribution in [2.45, 2.75) is 32.7 Å². The van der Waals surface area contributed by atoms with Crippen LogP contribution in [0.5, 0.6) is 0 Å². The Bertz CT molecular complexity index is 348. The molecule has 2 amide bonds. The molecule has 0 aromatic carbocycles. The molecule has 96 valence electrons. The first-order valence-corrected chi connectivity index (χ1v) is 6.20. The van der Waals surface area contributed by atoms with Crippen molar-refractivity contribution < 1.29 is 9.53 Å². The number of amides is 2. The number of rotatable bonds is 3. The van der Waals surface area contributed by atoms with Crippen LogP contribution in [-0.2, 0) is 4.74 Å². The highest BCUT2D eigenvalue weighted by Crippen LogP contribution is 2.35. The second-order valence-electron chi connectivity index (χ2n) is 5.49. The van der Waals surface area contributed by atoms with Crippen LogP contribution in [0, 0.1) is 11.8 Å². The van der Waals surface area contributed by atoms with E-state index in [2.05, 4.69) is 18.8 Å². The van der Waals surface area contributed by atoms with E-state index in [1.54, 1.807) is 0 Å². The number of ether oxygens (including phenoxy) is 1. The minimum atomic E-state index is -0.460. The Morgan fingerprint density at radius 3 is 2.88 bits per heavy atom. The Hall–Kier alpha value is -1.10. The van der Waals surface area contributed by atoms with Gasteiger partial charge in [-0.3, -0.25) is 0 Å². The molecule has 0 radical (unpaired) electrons. The fourth-order valence-electron chi connectivity index (χ4n) is 2.65. The first-order valence-electron chi connectivity index (χ1n) is 6.20. The highest BCUT2D eigenvalue weighted by atomic mass is 16.5. The molecule has 1 fully saturated rings. The summed E-state index contributed by atoms with van der Waals surface area (Å²) in [7, 11) is 0. The van der Waals surface area contributed by atoms with Crippen LogP contribution in [-0.4, -0.2) is 42.1 Å². The third-order valence-electron chi connectivity index (χ3n) is 3.80. The van der Waals surface area contributed by atoms with Crippen molar-refractivity contribution in [3.05, 3.63) is 0 Å². The van der Waals surface area contributed by atoms with E-state index in [0.717, 1.165) is 13.0 Å². The molecule has 1 saturated heterocycles. The average molecular weight is 239 g/mol. The molecule has 17 heavy (non-hydrogen) atoms.